The van der Waals surface area contributed by atoms with Gasteiger partial charge in [0.1, 0.15) is 5.60 Å². The molecule has 1 aliphatic heterocycles. The van der Waals surface area contributed by atoms with Gasteiger partial charge in [-0.1, -0.05) is 6.58 Å². The van der Waals surface area contributed by atoms with Gasteiger partial charge in [-0.15, -0.1) is 0 Å². The number of rotatable bonds is 0. The number of ether oxygens (including phenoxy) is 1. The van der Waals surface area contributed by atoms with E-state index < -0.39 is 5.60 Å². The third kappa shape index (κ3) is 3.46. The van der Waals surface area contributed by atoms with Crippen molar-refractivity contribution < 1.29 is 9.53 Å². The zero-order valence-corrected chi connectivity index (χ0v) is 10.0. The lowest BCUT2D eigenvalue weighted by Gasteiger charge is -2.36. The van der Waals surface area contributed by atoms with E-state index in [0.717, 1.165) is 12.2 Å². The first-order chi connectivity index (χ1) is 6.79. The highest BCUT2D eigenvalue weighted by Gasteiger charge is 2.25. The van der Waals surface area contributed by atoms with Crippen LogP contribution in [0, 0.1) is 0 Å². The maximum Gasteiger partial charge on any atom is 0.410 e. The fourth-order valence-electron chi connectivity index (χ4n) is 1.33. The molecule has 0 radical (unpaired) electrons. The molecule has 1 saturated heterocycles. The second-order valence-electron chi connectivity index (χ2n) is 4.89. The van der Waals surface area contributed by atoms with Crippen molar-refractivity contribution in [3.8, 4) is 0 Å². The van der Waals surface area contributed by atoms with Gasteiger partial charge in [-0.05, 0) is 20.8 Å². The van der Waals surface area contributed by atoms with Gasteiger partial charge in [-0.3, -0.25) is 0 Å². The maximum atomic E-state index is 11.7. The summed E-state index contributed by atoms with van der Waals surface area (Å²) in [7, 11) is 1.98. The van der Waals surface area contributed by atoms with Crippen LogP contribution in [0.25, 0.3) is 0 Å². The molecule has 0 N–H and O–H groups in total. The summed E-state index contributed by atoms with van der Waals surface area (Å²) in [4.78, 5) is 15.5. The van der Waals surface area contributed by atoms with Crippen molar-refractivity contribution in [3.63, 3.8) is 0 Å². The highest BCUT2D eigenvalue weighted by atomic mass is 16.6. The molecular formula is C11H20N2O2. The summed E-state index contributed by atoms with van der Waals surface area (Å²) in [6.45, 7) is 11.6. The number of nitrogens with zero attached hydrogens (tertiary/aromatic N) is 2. The van der Waals surface area contributed by atoms with E-state index in [-0.39, 0.29) is 6.09 Å². The molecule has 0 atom stereocenters. The zero-order chi connectivity index (χ0) is 11.6. The molecule has 0 saturated carbocycles. The van der Waals surface area contributed by atoms with Crippen LogP contribution in [0.5, 0.6) is 0 Å². The van der Waals surface area contributed by atoms with E-state index in [1.807, 2.05) is 27.8 Å². The summed E-state index contributed by atoms with van der Waals surface area (Å²) >= 11 is 0. The molecule has 1 aliphatic rings. The number of likely N-dealkylation sites (N-methyl/N-ethyl adjacent to an activating group) is 1. The van der Waals surface area contributed by atoms with E-state index in [9.17, 15) is 4.79 Å². The third-order valence-corrected chi connectivity index (χ3v) is 2.27. The van der Waals surface area contributed by atoms with E-state index >= 15 is 0 Å². The Kier molecular flexibility index (Phi) is 3.27. The molecule has 1 heterocycles. The van der Waals surface area contributed by atoms with Crippen LogP contribution in [0.4, 0.5) is 4.79 Å². The van der Waals surface area contributed by atoms with E-state index in [0.29, 0.717) is 13.1 Å². The molecule has 0 unspecified atom stereocenters. The minimum absolute atomic E-state index is 0.253. The van der Waals surface area contributed by atoms with Gasteiger partial charge in [0.05, 0.1) is 6.54 Å². The second kappa shape index (κ2) is 4.13. The molecule has 0 aromatic rings. The average molecular weight is 212 g/mol. The average Bonchev–Trinajstić information content (AvgIpc) is 2.06. The maximum absolute atomic E-state index is 11.7. The van der Waals surface area contributed by atoms with Crippen molar-refractivity contribution in [1.82, 2.24) is 9.80 Å². The van der Waals surface area contributed by atoms with E-state index in [2.05, 4.69) is 11.5 Å². The number of carbonyl (C=O) groups is 1. The van der Waals surface area contributed by atoms with Crippen LogP contribution in [-0.2, 0) is 4.74 Å². The molecule has 0 aromatic heterocycles. The quantitative estimate of drug-likeness (QED) is 0.612. The first kappa shape index (κ1) is 11.9. The van der Waals surface area contributed by atoms with Gasteiger partial charge in [0, 0.05) is 25.8 Å². The molecule has 0 bridgehead atoms. The summed E-state index contributed by atoms with van der Waals surface area (Å²) in [6.07, 6.45) is -0.253. The van der Waals surface area contributed by atoms with Crippen LogP contribution in [0.3, 0.4) is 0 Å². The lowest BCUT2D eigenvalue weighted by molar-refractivity contribution is 0.0210. The summed E-state index contributed by atoms with van der Waals surface area (Å²) in [5.74, 6) is 0. The van der Waals surface area contributed by atoms with Crippen LogP contribution in [0.15, 0.2) is 12.3 Å². The summed E-state index contributed by atoms with van der Waals surface area (Å²) in [5, 5.41) is 0. The van der Waals surface area contributed by atoms with E-state index in [1.165, 1.54) is 0 Å². The van der Waals surface area contributed by atoms with Crippen LogP contribution in [-0.4, -0.2) is 48.2 Å². The molecule has 1 fully saturated rings. The molecular weight excluding hydrogens is 192 g/mol. The molecule has 4 nitrogen and oxygen atoms in total. The van der Waals surface area contributed by atoms with Gasteiger partial charge in [0.25, 0.3) is 0 Å². The summed E-state index contributed by atoms with van der Waals surface area (Å²) < 4.78 is 5.29. The van der Waals surface area contributed by atoms with Crippen LogP contribution >= 0.6 is 0 Å². The molecule has 1 rings (SSSR count). The minimum Gasteiger partial charge on any atom is -0.444 e. The van der Waals surface area contributed by atoms with Crippen LogP contribution in [0.1, 0.15) is 20.8 Å². The normalized spacial score (nSPS) is 18.0. The number of hydrogen-bond acceptors (Lipinski definition) is 3. The molecule has 86 valence electrons. The molecule has 0 aromatic carbocycles. The Morgan fingerprint density at radius 2 is 2.00 bits per heavy atom. The Labute approximate surface area is 91.5 Å². The molecule has 4 heteroatoms. The second-order valence-corrected chi connectivity index (χ2v) is 4.89. The number of carbonyl (C=O) groups excluding carboxylic acids is 1. The Balaban J connectivity index is 2.52. The lowest BCUT2D eigenvalue weighted by atomic mass is 10.2. The molecule has 1 amide bonds. The van der Waals surface area contributed by atoms with Gasteiger partial charge in [0.2, 0.25) is 0 Å². The van der Waals surface area contributed by atoms with Gasteiger partial charge < -0.3 is 14.5 Å². The number of amides is 1. The SMILES string of the molecule is C=C1CN(C(=O)OC(C)(C)C)CCN1C. The van der Waals surface area contributed by atoms with Gasteiger partial charge in [0.15, 0.2) is 0 Å². The van der Waals surface area contributed by atoms with E-state index in [1.54, 1.807) is 4.90 Å². The van der Waals surface area contributed by atoms with Crippen molar-refractivity contribution in [3.05, 3.63) is 12.3 Å². The van der Waals surface area contributed by atoms with Crippen LogP contribution < -0.4 is 0 Å². The first-order valence-corrected chi connectivity index (χ1v) is 5.16. The predicted octanol–water partition coefficient (Wildman–Crippen LogP) is 1.68. The Morgan fingerprint density at radius 1 is 1.40 bits per heavy atom. The Morgan fingerprint density at radius 3 is 2.47 bits per heavy atom. The fraction of sp³-hybridized carbons (Fsp3) is 0.727. The van der Waals surface area contributed by atoms with E-state index in [4.69, 9.17) is 4.74 Å². The standard InChI is InChI=1S/C11H20N2O2/c1-9-8-13(7-6-12(9)5)10(14)15-11(2,3)4/h1,6-8H2,2-5H3. The Bertz CT molecular complexity index is 268. The number of hydrogen-bond donors (Lipinski definition) is 0. The van der Waals surface area contributed by atoms with Crippen molar-refractivity contribution in [2.24, 2.45) is 0 Å². The fourth-order valence-corrected chi connectivity index (χ4v) is 1.33. The first-order valence-electron chi connectivity index (χ1n) is 5.16. The third-order valence-electron chi connectivity index (χ3n) is 2.27. The van der Waals surface area contributed by atoms with Crippen molar-refractivity contribution in [2.45, 2.75) is 26.4 Å². The van der Waals surface area contributed by atoms with Crippen molar-refractivity contribution in [1.29, 1.82) is 0 Å². The smallest absolute Gasteiger partial charge is 0.410 e. The topological polar surface area (TPSA) is 32.8 Å². The summed E-state index contributed by atoms with van der Waals surface area (Å²) in [6, 6.07) is 0. The predicted molar refractivity (Wildman–Crippen MR) is 59.6 cm³/mol. The highest BCUT2D eigenvalue weighted by molar-refractivity contribution is 5.68. The van der Waals surface area contributed by atoms with Gasteiger partial charge in [-0.2, -0.15) is 0 Å². The highest BCUT2D eigenvalue weighted by Crippen LogP contribution is 2.14. The van der Waals surface area contributed by atoms with Crippen molar-refractivity contribution in [2.75, 3.05) is 26.7 Å². The summed E-state index contributed by atoms with van der Waals surface area (Å²) in [5.41, 5.74) is 0.522. The minimum atomic E-state index is -0.429. The number of piperazine rings is 1. The molecule has 15 heavy (non-hydrogen) atoms. The zero-order valence-electron chi connectivity index (χ0n) is 10.0. The molecule has 0 spiro atoms. The molecule has 0 aliphatic carbocycles. The Hall–Kier alpha value is -1.19. The largest absolute Gasteiger partial charge is 0.444 e. The van der Waals surface area contributed by atoms with Crippen molar-refractivity contribution >= 4 is 6.09 Å². The van der Waals surface area contributed by atoms with Gasteiger partial charge >= 0.3 is 6.09 Å². The lowest BCUT2D eigenvalue weighted by Crippen LogP contribution is -2.47. The van der Waals surface area contributed by atoms with Gasteiger partial charge in [-0.25, -0.2) is 4.79 Å². The van der Waals surface area contributed by atoms with Crippen LogP contribution in [0.2, 0.25) is 0 Å². The monoisotopic (exact) mass is 212 g/mol.